The highest BCUT2D eigenvalue weighted by Gasteiger charge is 2.16. The van der Waals surface area contributed by atoms with E-state index in [0.717, 1.165) is 11.3 Å². The third-order valence-electron chi connectivity index (χ3n) is 7.29. The number of hydrogen-bond donors (Lipinski definition) is 4. The van der Waals surface area contributed by atoms with Crippen LogP contribution in [0.1, 0.15) is 34.1 Å². The van der Waals surface area contributed by atoms with Crippen LogP contribution in [0.5, 0.6) is 0 Å². The lowest BCUT2D eigenvalue weighted by Crippen LogP contribution is -2.20. The number of hydrogen-bond acceptors (Lipinski definition) is 7. The number of rotatable bonds is 8. The molecular weight excluding hydrogens is 601 g/mol. The third-order valence-corrected chi connectivity index (χ3v) is 7.29. The number of aromatic nitrogens is 5. The van der Waals surface area contributed by atoms with Gasteiger partial charge in [0.2, 0.25) is 5.91 Å². The minimum Gasteiger partial charge on any atom is -0.340 e. The SMILES string of the molecule is CC(=O)Nc1cccc(Nc2ncnc3c2ccn3C(=O)Nc2cc(NC(=O)c3cc(CF)cc(-n4cnc(C)c4)c3)ccc2C)c1. The molecule has 13 heteroatoms. The zero-order valence-electron chi connectivity index (χ0n) is 25.7. The number of nitrogens with zero attached hydrogens (tertiary/aromatic N) is 5. The molecule has 12 nitrogen and oxygen atoms in total. The Morgan fingerprint density at radius 3 is 2.43 bits per heavy atom. The Balaban J connectivity index is 1.20. The Morgan fingerprint density at radius 1 is 0.851 bits per heavy atom. The van der Waals surface area contributed by atoms with E-state index in [1.165, 1.54) is 23.9 Å². The highest BCUT2D eigenvalue weighted by Crippen LogP contribution is 2.27. The van der Waals surface area contributed by atoms with Gasteiger partial charge in [0, 0.05) is 53.3 Å². The van der Waals surface area contributed by atoms with Crippen molar-refractivity contribution in [2.45, 2.75) is 27.4 Å². The van der Waals surface area contributed by atoms with E-state index < -0.39 is 18.6 Å². The van der Waals surface area contributed by atoms with Gasteiger partial charge in [-0.25, -0.2) is 24.1 Å². The van der Waals surface area contributed by atoms with Crippen molar-refractivity contribution in [3.8, 4) is 5.69 Å². The fraction of sp³-hybridized carbons (Fsp3) is 0.118. The van der Waals surface area contributed by atoms with Gasteiger partial charge in [0.1, 0.15) is 18.8 Å². The van der Waals surface area contributed by atoms with Gasteiger partial charge in [-0.2, -0.15) is 0 Å². The zero-order chi connectivity index (χ0) is 33.1. The van der Waals surface area contributed by atoms with Crippen LogP contribution in [0.15, 0.2) is 91.8 Å². The van der Waals surface area contributed by atoms with Gasteiger partial charge in [-0.15, -0.1) is 0 Å². The molecule has 6 rings (SSSR count). The quantitative estimate of drug-likeness (QED) is 0.145. The van der Waals surface area contributed by atoms with E-state index in [2.05, 4.69) is 36.2 Å². The van der Waals surface area contributed by atoms with Gasteiger partial charge in [0.15, 0.2) is 5.65 Å². The van der Waals surface area contributed by atoms with Crippen molar-refractivity contribution in [3.05, 3.63) is 114 Å². The summed E-state index contributed by atoms with van der Waals surface area (Å²) in [5.74, 6) is -0.141. The van der Waals surface area contributed by atoms with E-state index in [0.29, 0.717) is 50.9 Å². The second kappa shape index (κ2) is 12.9. The van der Waals surface area contributed by atoms with Gasteiger partial charge in [0.05, 0.1) is 17.4 Å². The van der Waals surface area contributed by atoms with E-state index in [9.17, 15) is 18.8 Å². The lowest BCUT2D eigenvalue weighted by molar-refractivity contribution is -0.114. The summed E-state index contributed by atoms with van der Waals surface area (Å²) in [6, 6.07) is 18.4. The van der Waals surface area contributed by atoms with Crippen LogP contribution < -0.4 is 21.3 Å². The molecule has 3 amide bonds. The van der Waals surface area contributed by atoms with Crippen LogP contribution in [0.3, 0.4) is 0 Å². The van der Waals surface area contributed by atoms with Gasteiger partial charge < -0.3 is 25.8 Å². The largest absolute Gasteiger partial charge is 0.340 e. The summed E-state index contributed by atoms with van der Waals surface area (Å²) in [6.07, 6.45) is 6.34. The number of benzene rings is 3. The molecule has 0 saturated carbocycles. The molecule has 3 heterocycles. The Morgan fingerprint density at radius 2 is 1.66 bits per heavy atom. The molecule has 3 aromatic carbocycles. The molecule has 0 unspecified atom stereocenters. The predicted molar refractivity (Wildman–Crippen MR) is 178 cm³/mol. The average Bonchev–Trinajstić information content (AvgIpc) is 3.69. The molecule has 4 N–H and O–H groups in total. The minimum atomic E-state index is -0.731. The number of imidazole rings is 1. The molecule has 0 aliphatic carbocycles. The smallest absolute Gasteiger partial charge is 0.331 e. The summed E-state index contributed by atoms with van der Waals surface area (Å²) in [7, 11) is 0. The van der Waals surface area contributed by atoms with Crippen LogP contribution in [-0.4, -0.2) is 41.9 Å². The number of amides is 3. The Kier molecular flexibility index (Phi) is 8.43. The van der Waals surface area contributed by atoms with Crippen molar-refractivity contribution in [1.82, 2.24) is 24.1 Å². The molecule has 0 atom stereocenters. The Hall–Kier alpha value is -6.37. The van der Waals surface area contributed by atoms with E-state index in [1.807, 2.05) is 19.9 Å². The van der Waals surface area contributed by atoms with Crippen LogP contribution in [-0.2, 0) is 11.5 Å². The molecular formula is C34H30FN9O3. The Labute approximate surface area is 268 Å². The summed E-state index contributed by atoms with van der Waals surface area (Å²) in [4.78, 5) is 51.1. The van der Waals surface area contributed by atoms with Crippen molar-refractivity contribution < 1.29 is 18.8 Å². The number of carbonyl (C=O) groups is 3. The monoisotopic (exact) mass is 631 g/mol. The van der Waals surface area contributed by atoms with Crippen molar-refractivity contribution in [3.63, 3.8) is 0 Å². The van der Waals surface area contributed by atoms with Crippen molar-refractivity contribution in [1.29, 1.82) is 0 Å². The van der Waals surface area contributed by atoms with Gasteiger partial charge in [0.25, 0.3) is 5.91 Å². The summed E-state index contributed by atoms with van der Waals surface area (Å²) >= 11 is 0. The van der Waals surface area contributed by atoms with Crippen LogP contribution in [0.4, 0.5) is 37.8 Å². The highest BCUT2D eigenvalue weighted by atomic mass is 19.1. The highest BCUT2D eigenvalue weighted by molar-refractivity contribution is 6.06. The number of fused-ring (bicyclic) bond motifs is 1. The number of alkyl halides is 1. The molecule has 0 saturated heterocycles. The first-order chi connectivity index (χ1) is 22.7. The van der Waals surface area contributed by atoms with Crippen molar-refractivity contribution in [2.75, 3.05) is 21.3 Å². The second-order valence-corrected chi connectivity index (χ2v) is 10.9. The van der Waals surface area contributed by atoms with Gasteiger partial charge in [-0.1, -0.05) is 12.1 Å². The molecule has 0 radical (unpaired) electrons. The second-order valence-electron chi connectivity index (χ2n) is 10.9. The number of anilines is 5. The van der Waals surface area contributed by atoms with Gasteiger partial charge in [-0.05, 0) is 79.6 Å². The molecule has 0 aliphatic heterocycles. The molecule has 6 aromatic rings. The lowest BCUT2D eigenvalue weighted by atomic mass is 10.1. The predicted octanol–water partition coefficient (Wildman–Crippen LogP) is 6.74. The molecule has 3 aromatic heterocycles. The number of halogens is 1. The van der Waals surface area contributed by atoms with Crippen LogP contribution in [0.2, 0.25) is 0 Å². The molecule has 0 fully saturated rings. The fourth-order valence-electron chi connectivity index (χ4n) is 5.04. The summed E-state index contributed by atoms with van der Waals surface area (Å²) in [6.45, 7) is 4.38. The summed E-state index contributed by atoms with van der Waals surface area (Å²) in [5, 5.41) is 12.3. The number of aryl methyl sites for hydroxylation is 2. The maximum atomic E-state index is 13.7. The first-order valence-electron chi connectivity index (χ1n) is 14.6. The lowest BCUT2D eigenvalue weighted by Gasteiger charge is -2.13. The van der Waals surface area contributed by atoms with Crippen LogP contribution in [0.25, 0.3) is 16.7 Å². The maximum absolute atomic E-state index is 13.7. The van der Waals surface area contributed by atoms with Gasteiger partial charge in [-0.3, -0.25) is 14.2 Å². The standard InChI is InChI=1S/C34H30FN9O3/c1-20-7-8-27(41-33(46)24-11-23(16-35)12-28(13-24)43-17-21(2)38-19-43)15-30(20)42-34(47)44-10-9-29-31(36-18-37-32(29)44)40-26-6-4-5-25(14-26)39-22(3)45/h4-15,17-19H,16H2,1-3H3,(H,39,45)(H,41,46)(H,42,47)(H,36,37,40). The van der Waals surface area contributed by atoms with Crippen molar-refractivity contribution >= 4 is 57.4 Å². The van der Waals surface area contributed by atoms with E-state index in [4.69, 9.17) is 0 Å². The summed E-state index contributed by atoms with van der Waals surface area (Å²) in [5.41, 5.74) is 5.40. The third kappa shape index (κ3) is 6.83. The van der Waals surface area contributed by atoms with E-state index in [1.54, 1.807) is 77.9 Å². The topological polar surface area (TPSA) is 148 Å². The van der Waals surface area contributed by atoms with Crippen LogP contribution in [0, 0.1) is 13.8 Å². The molecule has 0 spiro atoms. The molecule has 0 aliphatic rings. The van der Waals surface area contributed by atoms with E-state index in [-0.39, 0.29) is 11.5 Å². The van der Waals surface area contributed by atoms with Gasteiger partial charge >= 0.3 is 6.03 Å². The minimum absolute atomic E-state index is 0.184. The fourth-order valence-corrected chi connectivity index (χ4v) is 5.04. The number of carbonyl (C=O) groups excluding carboxylic acids is 3. The van der Waals surface area contributed by atoms with Crippen molar-refractivity contribution in [2.24, 2.45) is 0 Å². The zero-order valence-corrected chi connectivity index (χ0v) is 25.7. The molecule has 0 bridgehead atoms. The Bertz CT molecular complexity index is 2150. The first kappa shape index (κ1) is 30.6. The van der Waals surface area contributed by atoms with Crippen LogP contribution >= 0.6 is 0 Å². The average molecular weight is 632 g/mol. The molecule has 47 heavy (non-hydrogen) atoms. The first-order valence-corrected chi connectivity index (χ1v) is 14.6. The summed E-state index contributed by atoms with van der Waals surface area (Å²) < 4.78 is 16.8. The normalized spacial score (nSPS) is 10.9. The van der Waals surface area contributed by atoms with E-state index >= 15 is 0 Å². The maximum Gasteiger partial charge on any atom is 0.331 e. The molecule has 236 valence electrons. The number of nitrogens with one attached hydrogen (secondary N) is 4.